The average molecular weight is 541 g/mol. The molecule has 0 saturated heterocycles. The maximum atomic E-state index is 13.2. The SMILES string of the molecule is O=C(Cc1ccccc1Br)NN=Cc1cc(C(F)(F)F)ccc1S(=O)(=O)Oc1ccccc1. The van der Waals surface area contributed by atoms with E-state index in [1.54, 1.807) is 42.5 Å². The normalized spacial score (nSPS) is 12.0. The summed E-state index contributed by atoms with van der Waals surface area (Å²) in [6.45, 7) is 0. The highest BCUT2D eigenvalue weighted by Crippen LogP contribution is 2.32. The molecule has 6 nitrogen and oxygen atoms in total. The Hall–Kier alpha value is -3.18. The molecule has 33 heavy (non-hydrogen) atoms. The molecule has 0 spiro atoms. The summed E-state index contributed by atoms with van der Waals surface area (Å²) in [5, 5.41) is 3.64. The summed E-state index contributed by atoms with van der Waals surface area (Å²) < 4.78 is 70.6. The van der Waals surface area contributed by atoms with Crippen molar-refractivity contribution >= 4 is 38.2 Å². The number of rotatable bonds is 7. The van der Waals surface area contributed by atoms with Gasteiger partial charge in [-0.05, 0) is 42.0 Å². The van der Waals surface area contributed by atoms with Crippen LogP contribution in [0.4, 0.5) is 13.2 Å². The summed E-state index contributed by atoms with van der Waals surface area (Å²) in [4.78, 5) is 11.6. The highest BCUT2D eigenvalue weighted by molar-refractivity contribution is 9.10. The summed E-state index contributed by atoms with van der Waals surface area (Å²) in [5.74, 6) is -0.558. The summed E-state index contributed by atoms with van der Waals surface area (Å²) in [6.07, 6.45) is -3.94. The number of hydrogen-bond acceptors (Lipinski definition) is 5. The first-order valence-corrected chi connectivity index (χ1v) is 11.5. The fourth-order valence-electron chi connectivity index (χ4n) is 2.73. The van der Waals surface area contributed by atoms with E-state index in [1.165, 1.54) is 12.1 Å². The molecule has 0 atom stereocenters. The third-order valence-electron chi connectivity index (χ3n) is 4.26. The van der Waals surface area contributed by atoms with Crippen LogP contribution >= 0.6 is 15.9 Å². The number of benzene rings is 3. The molecule has 0 fully saturated rings. The molecule has 3 rings (SSSR count). The van der Waals surface area contributed by atoms with Crippen LogP contribution in [0.25, 0.3) is 0 Å². The quantitative estimate of drug-likeness (QED) is 0.261. The minimum atomic E-state index is -4.71. The van der Waals surface area contributed by atoms with Gasteiger partial charge in [0.15, 0.2) is 0 Å². The van der Waals surface area contributed by atoms with Gasteiger partial charge < -0.3 is 4.18 Å². The lowest BCUT2D eigenvalue weighted by Gasteiger charge is -2.12. The van der Waals surface area contributed by atoms with E-state index in [-0.39, 0.29) is 12.2 Å². The van der Waals surface area contributed by atoms with Crippen molar-refractivity contribution in [3.8, 4) is 5.75 Å². The molecule has 0 heterocycles. The first kappa shape index (κ1) is 24.5. The Morgan fingerprint density at radius 3 is 2.36 bits per heavy atom. The maximum absolute atomic E-state index is 13.2. The van der Waals surface area contributed by atoms with Gasteiger partial charge in [0.05, 0.1) is 18.2 Å². The first-order valence-electron chi connectivity index (χ1n) is 9.32. The van der Waals surface area contributed by atoms with Gasteiger partial charge in [-0.25, -0.2) is 5.43 Å². The fourth-order valence-corrected chi connectivity index (χ4v) is 4.24. The third-order valence-corrected chi connectivity index (χ3v) is 6.35. The largest absolute Gasteiger partial charge is 0.416 e. The monoisotopic (exact) mass is 540 g/mol. The van der Waals surface area contributed by atoms with Crippen LogP contribution in [0.1, 0.15) is 16.7 Å². The van der Waals surface area contributed by atoms with Crippen LogP contribution in [0.15, 0.2) is 87.3 Å². The predicted molar refractivity (Wildman–Crippen MR) is 119 cm³/mol. The van der Waals surface area contributed by atoms with E-state index < -0.39 is 38.2 Å². The van der Waals surface area contributed by atoms with Gasteiger partial charge >= 0.3 is 16.3 Å². The summed E-state index contributed by atoms with van der Waals surface area (Å²) in [7, 11) is -4.49. The topological polar surface area (TPSA) is 84.8 Å². The zero-order valence-electron chi connectivity index (χ0n) is 16.7. The molecule has 0 bridgehead atoms. The molecule has 172 valence electrons. The molecule has 0 radical (unpaired) electrons. The number of hydrogen-bond donors (Lipinski definition) is 1. The predicted octanol–water partition coefficient (Wildman–Crippen LogP) is 4.93. The molecule has 1 amide bonds. The average Bonchev–Trinajstić information content (AvgIpc) is 2.75. The Labute approximate surface area is 196 Å². The first-order chi connectivity index (χ1) is 15.6. The van der Waals surface area contributed by atoms with E-state index in [1.807, 2.05) is 0 Å². The van der Waals surface area contributed by atoms with Gasteiger partial charge in [-0.15, -0.1) is 0 Å². The number of hydrazone groups is 1. The van der Waals surface area contributed by atoms with E-state index in [0.29, 0.717) is 22.2 Å². The Morgan fingerprint density at radius 2 is 1.70 bits per heavy atom. The zero-order valence-corrected chi connectivity index (χ0v) is 19.1. The van der Waals surface area contributed by atoms with Gasteiger partial charge in [0, 0.05) is 10.0 Å². The smallest absolute Gasteiger partial charge is 0.379 e. The van der Waals surface area contributed by atoms with Gasteiger partial charge in [-0.2, -0.15) is 26.7 Å². The van der Waals surface area contributed by atoms with Crippen molar-refractivity contribution in [3.05, 3.63) is 94.0 Å². The standard InChI is InChI=1S/C22H16BrF3N2O4S/c23-19-9-5-4-6-15(19)13-21(29)28-27-14-16-12-17(22(24,25)26)10-11-20(16)33(30,31)32-18-7-2-1-3-8-18/h1-12,14H,13H2,(H,28,29). The number of carbonyl (C=O) groups excluding carboxylic acids is 1. The number of carbonyl (C=O) groups is 1. The van der Waals surface area contributed by atoms with Gasteiger partial charge in [-0.3, -0.25) is 4.79 Å². The van der Waals surface area contributed by atoms with Gasteiger partial charge in [-0.1, -0.05) is 52.3 Å². The molecule has 3 aromatic rings. The van der Waals surface area contributed by atoms with Gasteiger partial charge in [0.2, 0.25) is 5.91 Å². The molecule has 3 aromatic carbocycles. The van der Waals surface area contributed by atoms with Crippen LogP contribution in [0.3, 0.4) is 0 Å². The van der Waals surface area contributed by atoms with E-state index in [2.05, 4.69) is 26.5 Å². The van der Waals surface area contributed by atoms with E-state index >= 15 is 0 Å². The Balaban J connectivity index is 1.87. The summed E-state index contributed by atoms with van der Waals surface area (Å²) >= 11 is 3.31. The Bertz CT molecular complexity index is 1280. The number of nitrogens with one attached hydrogen (secondary N) is 1. The van der Waals surface area contributed by atoms with Crippen molar-refractivity contribution in [1.82, 2.24) is 5.43 Å². The minimum Gasteiger partial charge on any atom is -0.379 e. The number of nitrogens with zero attached hydrogens (tertiary/aromatic N) is 1. The lowest BCUT2D eigenvalue weighted by Crippen LogP contribution is -2.20. The zero-order chi connectivity index (χ0) is 24.1. The highest BCUT2D eigenvalue weighted by atomic mass is 79.9. The van der Waals surface area contributed by atoms with Crippen molar-refractivity contribution in [3.63, 3.8) is 0 Å². The van der Waals surface area contributed by atoms with Crippen molar-refractivity contribution in [1.29, 1.82) is 0 Å². The summed E-state index contributed by atoms with van der Waals surface area (Å²) in [6, 6.07) is 16.5. The van der Waals surface area contributed by atoms with Crippen LogP contribution in [-0.2, 0) is 27.5 Å². The number of para-hydroxylation sites is 1. The molecule has 0 aliphatic carbocycles. The van der Waals surface area contributed by atoms with E-state index in [0.717, 1.165) is 12.3 Å². The number of amides is 1. The number of halogens is 4. The van der Waals surface area contributed by atoms with Crippen molar-refractivity contribution in [2.75, 3.05) is 0 Å². The second-order valence-electron chi connectivity index (χ2n) is 6.66. The number of alkyl halides is 3. The van der Waals surface area contributed by atoms with Gasteiger partial charge in [0.1, 0.15) is 10.6 Å². The van der Waals surface area contributed by atoms with Crippen LogP contribution in [0, 0.1) is 0 Å². The van der Waals surface area contributed by atoms with Crippen LogP contribution in [-0.4, -0.2) is 20.5 Å². The molecule has 0 saturated carbocycles. The highest BCUT2D eigenvalue weighted by Gasteiger charge is 2.32. The second kappa shape index (κ2) is 10.2. The fraction of sp³-hybridized carbons (Fsp3) is 0.0909. The van der Waals surface area contributed by atoms with Crippen molar-refractivity contribution < 1.29 is 30.6 Å². The third kappa shape index (κ3) is 6.65. The molecule has 0 aliphatic heterocycles. The van der Waals surface area contributed by atoms with Crippen molar-refractivity contribution in [2.24, 2.45) is 5.10 Å². The molecular weight excluding hydrogens is 525 g/mol. The molecule has 1 N–H and O–H groups in total. The lowest BCUT2D eigenvalue weighted by molar-refractivity contribution is -0.137. The van der Waals surface area contributed by atoms with E-state index in [9.17, 15) is 26.4 Å². The maximum Gasteiger partial charge on any atom is 0.416 e. The summed E-state index contributed by atoms with van der Waals surface area (Å²) in [5.41, 5.74) is 1.37. The molecular formula is C22H16BrF3N2O4S. The molecule has 0 aliphatic rings. The van der Waals surface area contributed by atoms with Crippen molar-refractivity contribution in [2.45, 2.75) is 17.5 Å². The van der Waals surface area contributed by atoms with E-state index in [4.69, 9.17) is 4.18 Å². The van der Waals surface area contributed by atoms with Crippen LogP contribution in [0.2, 0.25) is 0 Å². The Kier molecular flexibility index (Phi) is 7.54. The van der Waals surface area contributed by atoms with Crippen LogP contribution in [0.5, 0.6) is 5.75 Å². The van der Waals surface area contributed by atoms with Crippen LogP contribution < -0.4 is 9.61 Å². The molecule has 0 unspecified atom stereocenters. The lowest BCUT2D eigenvalue weighted by atomic mass is 10.1. The minimum absolute atomic E-state index is 0.0120. The molecule has 11 heteroatoms. The Morgan fingerprint density at radius 1 is 1.03 bits per heavy atom. The van der Waals surface area contributed by atoms with Gasteiger partial charge in [0.25, 0.3) is 0 Å². The second-order valence-corrected chi connectivity index (χ2v) is 9.03. The molecule has 0 aromatic heterocycles.